The summed E-state index contributed by atoms with van der Waals surface area (Å²) >= 11 is 0. The zero-order valence-electron chi connectivity index (χ0n) is 29.6. The van der Waals surface area contributed by atoms with E-state index in [2.05, 4.69) is 34.6 Å². The summed E-state index contributed by atoms with van der Waals surface area (Å²) < 4.78 is 20.5. The topological polar surface area (TPSA) is 86.6 Å². The molecule has 4 heterocycles. The molecular formula is C39H64O7. The second-order valence-electron chi connectivity index (χ2n) is 18.6. The number of hydrogen-bond donors (Lipinski definition) is 2. The fourth-order valence-electron chi connectivity index (χ4n) is 14.1. The number of aliphatic hydroxyl groups is 2. The van der Waals surface area contributed by atoms with Crippen LogP contribution in [0.4, 0.5) is 0 Å². The van der Waals surface area contributed by atoms with Gasteiger partial charge in [-0.1, -0.05) is 34.6 Å². The fraction of sp³-hybridized carbons (Fsp3) is 1.00. The van der Waals surface area contributed by atoms with Crippen molar-refractivity contribution in [2.24, 2.45) is 70.0 Å². The Morgan fingerprint density at radius 2 is 1.65 bits per heavy atom. The summed E-state index contributed by atoms with van der Waals surface area (Å²) in [6.45, 7) is 14.4. The van der Waals surface area contributed by atoms with Gasteiger partial charge in [0, 0.05) is 24.9 Å². The van der Waals surface area contributed by atoms with Gasteiger partial charge in [-0.15, -0.1) is 0 Å². The Labute approximate surface area is 278 Å². The van der Waals surface area contributed by atoms with Gasteiger partial charge in [-0.25, -0.2) is 9.78 Å². The van der Waals surface area contributed by atoms with E-state index in [1.807, 2.05) is 6.92 Å². The molecule has 4 aliphatic heterocycles. The Hall–Kier alpha value is -0.280. The normalized spacial score (nSPS) is 58.3. The van der Waals surface area contributed by atoms with Gasteiger partial charge in [0.15, 0.2) is 18.2 Å². The van der Waals surface area contributed by atoms with Gasteiger partial charge in [-0.05, 0) is 149 Å². The van der Waals surface area contributed by atoms with Crippen LogP contribution in [0.5, 0.6) is 0 Å². The fourth-order valence-corrected chi connectivity index (χ4v) is 14.1. The molecule has 9 aliphatic rings. The molecule has 0 aromatic rings. The molecule has 2 bridgehead atoms. The van der Waals surface area contributed by atoms with Gasteiger partial charge >= 0.3 is 0 Å². The zero-order valence-corrected chi connectivity index (χ0v) is 29.6. The predicted molar refractivity (Wildman–Crippen MR) is 174 cm³/mol. The lowest BCUT2D eigenvalue weighted by molar-refractivity contribution is -0.578. The van der Waals surface area contributed by atoms with E-state index in [0.717, 1.165) is 57.3 Å². The molecule has 7 heteroatoms. The Kier molecular flexibility index (Phi) is 8.32. The molecule has 5 aliphatic carbocycles. The average molecular weight is 645 g/mol. The van der Waals surface area contributed by atoms with Crippen molar-refractivity contribution in [1.29, 1.82) is 0 Å². The van der Waals surface area contributed by atoms with Gasteiger partial charge in [0.25, 0.3) is 0 Å². The first-order valence-corrected chi connectivity index (χ1v) is 19.6. The quantitative estimate of drug-likeness (QED) is 0.227. The lowest BCUT2D eigenvalue weighted by atomic mass is 9.43. The van der Waals surface area contributed by atoms with E-state index >= 15 is 0 Å². The van der Waals surface area contributed by atoms with Crippen molar-refractivity contribution in [3.8, 4) is 0 Å². The van der Waals surface area contributed by atoms with Crippen LogP contribution in [0, 0.1) is 70.0 Å². The Bertz CT molecular complexity index is 1130. The van der Waals surface area contributed by atoms with Crippen molar-refractivity contribution >= 4 is 0 Å². The summed E-state index contributed by atoms with van der Waals surface area (Å²) in [4.78, 5) is 12.4. The minimum absolute atomic E-state index is 0.0205. The van der Waals surface area contributed by atoms with Crippen LogP contribution < -0.4 is 0 Å². The van der Waals surface area contributed by atoms with E-state index < -0.39 is 17.7 Å². The van der Waals surface area contributed by atoms with E-state index in [0.29, 0.717) is 47.3 Å². The molecule has 7 nitrogen and oxygen atoms in total. The van der Waals surface area contributed by atoms with E-state index in [-0.39, 0.29) is 41.9 Å². The van der Waals surface area contributed by atoms with Crippen molar-refractivity contribution in [3.05, 3.63) is 0 Å². The van der Waals surface area contributed by atoms with Gasteiger partial charge in [0.05, 0.1) is 12.2 Å². The van der Waals surface area contributed by atoms with Crippen LogP contribution in [0.2, 0.25) is 0 Å². The van der Waals surface area contributed by atoms with E-state index in [9.17, 15) is 10.2 Å². The summed E-state index contributed by atoms with van der Waals surface area (Å²) in [5, 5.41) is 21.4. The lowest BCUT2D eigenvalue weighted by Gasteiger charge is -2.63. The first-order valence-electron chi connectivity index (χ1n) is 19.6. The van der Waals surface area contributed by atoms with Gasteiger partial charge in [-0.3, -0.25) is 0 Å². The lowest BCUT2D eigenvalue weighted by Crippen LogP contribution is -2.70. The van der Waals surface area contributed by atoms with Gasteiger partial charge in [0.1, 0.15) is 0 Å². The standard InChI is InChI=1S/C39H64O7/c1-22(8-7-19-40)28-13-14-31-27-11-10-25-20-26(15-17-36(25,4)32(27)21-33(41)38(28,31)6)42-34-24(3)30-12-9-23(2)29-16-18-37(5)44-35(43-34)39(29,30)46-45-37/h22-35,40-41H,7-21H2,1-6H3/t22-,23-,24-,25-,26-,27+,28-,29+,30+,31+,32+,33+,34+,35-,36+,37+,38-,39-/m1/s1. The van der Waals surface area contributed by atoms with Crippen molar-refractivity contribution in [2.75, 3.05) is 6.61 Å². The van der Waals surface area contributed by atoms with Crippen molar-refractivity contribution in [3.63, 3.8) is 0 Å². The van der Waals surface area contributed by atoms with Crippen LogP contribution >= 0.6 is 0 Å². The van der Waals surface area contributed by atoms with Gasteiger partial charge < -0.3 is 24.4 Å². The first kappa shape index (κ1) is 32.9. The summed E-state index contributed by atoms with van der Waals surface area (Å²) in [7, 11) is 0. The molecule has 0 radical (unpaired) electrons. The summed E-state index contributed by atoms with van der Waals surface area (Å²) in [5.41, 5.74) is -0.250. The van der Waals surface area contributed by atoms with Crippen LogP contribution in [0.25, 0.3) is 0 Å². The molecule has 2 N–H and O–H groups in total. The molecule has 0 amide bonds. The number of ether oxygens (including phenoxy) is 3. The molecule has 262 valence electrons. The van der Waals surface area contributed by atoms with Crippen molar-refractivity contribution in [2.45, 2.75) is 168 Å². The highest BCUT2D eigenvalue weighted by Crippen LogP contribution is 2.69. The summed E-state index contributed by atoms with van der Waals surface area (Å²) in [6.07, 6.45) is 14.8. The van der Waals surface area contributed by atoms with E-state index in [1.165, 1.54) is 38.5 Å². The molecule has 0 aromatic carbocycles. The van der Waals surface area contributed by atoms with E-state index in [4.69, 9.17) is 24.0 Å². The number of fused-ring (bicyclic) bond motifs is 7. The Morgan fingerprint density at radius 1 is 0.848 bits per heavy atom. The second kappa shape index (κ2) is 11.6. The number of hydrogen-bond acceptors (Lipinski definition) is 7. The van der Waals surface area contributed by atoms with E-state index in [1.54, 1.807) is 0 Å². The van der Waals surface area contributed by atoms with Gasteiger partial charge in [-0.2, -0.15) is 0 Å². The molecule has 46 heavy (non-hydrogen) atoms. The monoisotopic (exact) mass is 644 g/mol. The van der Waals surface area contributed by atoms with Crippen LogP contribution in [-0.2, 0) is 24.0 Å². The molecule has 9 rings (SSSR count). The van der Waals surface area contributed by atoms with Crippen molar-refractivity contribution < 1.29 is 34.2 Å². The first-order chi connectivity index (χ1) is 21.9. The molecule has 0 aromatic heterocycles. The second-order valence-corrected chi connectivity index (χ2v) is 18.6. The number of aliphatic hydroxyl groups excluding tert-OH is 2. The molecular weight excluding hydrogens is 580 g/mol. The van der Waals surface area contributed by atoms with Crippen LogP contribution in [0.3, 0.4) is 0 Å². The average Bonchev–Trinajstić information content (AvgIpc) is 3.24. The third-order valence-electron chi connectivity index (χ3n) is 16.7. The molecule has 0 unspecified atom stereocenters. The third-order valence-corrected chi connectivity index (χ3v) is 16.7. The maximum atomic E-state index is 12.0. The Balaban J connectivity index is 0.962. The zero-order chi connectivity index (χ0) is 32.2. The van der Waals surface area contributed by atoms with Gasteiger partial charge in [0.2, 0.25) is 5.79 Å². The van der Waals surface area contributed by atoms with Crippen molar-refractivity contribution in [1.82, 2.24) is 0 Å². The highest BCUT2D eigenvalue weighted by molar-refractivity contribution is 5.13. The maximum Gasteiger partial charge on any atom is 0.201 e. The molecule has 9 fully saturated rings. The maximum absolute atomic E-state index is 12.0. The summed E-state index contributed by atoms with van der Waals surface area (Å²) in [5.74, 6) is 4.42. The molecule has 5 saturated carbocycles. The SMILES string of the molecule is C[C@H]1[C@@H](O[C@@H]2CC[C@@]3(C)[C@H](CC[C@@H]4[C@@H]3C[C@H](O)[C@]3(C)[C@@H]([C@H](C)CCCO)CC[C@@H]43)C2)O[C@@H]2O[C@]3(C)CC[C@H]4[C@H](C)CC[C@@H]1[C@@]24OO3. The number of rotatable bonds is 6. The minimum atomic E-state index is -0.759. The predicted octanol–water partition coefficient (Wildman–Crippen LogP) is 7.62. The smallest absolute Gasteiger partial charge is 0.201 e. The summed E-state index contributed by atoms with van der Waals surface area (Å²) in [6, 6.07) is 0. The molecule has 4 saturated heterocycles. The third kappa shape index (κ3) is 4.67. The highest BCUT2D eigenvalue weighted by atomic mass is 17.3. The van der Waals surface area contributed by atoms with Crippen LogP contribution in [-0.4, -0.2) is 53.0 Å². The Morgan fingerprint density at radius 3 is 2.46 bits per heavy atom. The van der Waals surface area contributed by atoms with Crippen LogP contribution in [0.1, 0.15) is 131 Å². The molecule has 18 atom stereocenters. The largest absolute Gasteiger partial charge is 0.396 e. The minimum Gasteiger partial charge on any atom is -0.396 e. The van der Waals surface area contributed by atoms with Crippen LogP contribution in [0.15, 0.2) is 0 Å². The molecule has 1 spiro atoms. The highest BCUT2D eigenvalue weighted by Gasteiger charge is 2.70.